The van der Waals surface area contributed by atoms with E-state index in [0.717, 1.165) is 29.7 Å². The molecule has 1 aliphatic rings. The van der Waals surface area contributed by atoms with Gasteiger partial charge in [-0.2, -0.15) is 0 Å². The van der Waals surface area contributed by atoms with E-state index in [-0.39, 0.29) is 22.8 Å². The van der Waals surface area contributed by atoms with Gasteiger partial charge in [-0.1, -0.05) is 0 Å². The lowest BCUT2D eigenvalue weighted by Gasteiger charge is -2.03. The third-order valence-electron chi connectivity index (χ3n) is 3.65. The highest BCUT2D eigenvalue weighted by Crippen LogP contribution is 2.41. The first-order valence-electron chi connectivity index (χ1n) is 7.42. The molecule has 0 amide bonds. The monoisotopic (exact) mass is 365 g/mol. The summed E-state index contributed by atoms with van der Waals surface area (Å²) < 4.78 is 5.15. The van der Waals surface area contributed by atoms with Crippen LogP contribution in [-0.4, -0.2) is 33.9 Å². The lowest BCUT2D eigenvalue weighted by molar-refractivity contribution is 0.0527. The highest BCUT2D eigenvalue weighted by Gasteiger charge is 2.27. The number of ether oxygens (including phenoxy) is 1. The van der Waals surface area contributed by atoms with E-state index in [4.69, 9.17) is 17.0 Å². The van der Waals surface area contributed by atoms with Crippen molar-refractivity contribution >= 4 is 40.7 Å². The van der Waals surface area contributed by atoms with Crippen molar-refractivity contribution in [2.45, 2.75) is 26.2 Å². The summed E-state index contributed by atoms with van der Waals surface area (Å²) in [5.41, 5.74) is 0.843. The minimum absolute atomic E-state index is 0.0250. The molecule has 0 bridgehead atoms. The van der Waals surface area contributed by atoms with Crippen LogP contribution in [0.5, 0.6) is 5.88 Å². The molecular formula is C15H15N3O4S2. The van der Waals surface area contributed by atoms with E-state index >= 15 is 0 Å². The van der Waals surface area contributed by atoms with Crippen LogP contribution in [0.3, 0.4) is 0 Å². The summed E-state index contributed by atoms with van der Waals surface area (Å²) in [6.07, 6.45) is 3.96. The molecule has 0 saturated carbocycles. The first kappa shape index (κ1) is 16.6. The third kappa shape index (κ3) is 3.04. The number of aromatic hydroxyl groups is 1. The first-order valence-corrected chi connectivity index (χ1v) is 8.65. The Balaban J connectivity index is 2.04. The quantitative estimate of drug-likeness (QED) is 0.438. The maximum Gasteiger partial charge on any atom is 0.341 e. The zero-order valence-electron chi connectivity index (χ0n) is 12.8. The Bertz CT molecular complexity index is 939. The molecule has 1 aliphatic carbocycles. The van der Waals surface area contributed by atoms with Gasteiger partial charge in [0.05, 0.1) is 12.2 Å². The van der Waals surface area contributed by atoms with Crippen LogP contribution in [0.4, 0.5) is 5.00 Å². The van der Waals surface area contributed by atoms with Crippen LogP contribution in [0.15, 0.2) is 9.79 Å². The number of nitrogens with one attached hydrogen (secondary N) is 2. The molecule has 126 valence electrons. The standard InChI is InChI=1S/C15H15N3O4S2/c1-2-22-14(21)10-7-4-3-5-9(7)24-13(10)16-6-8-11(19)17-15(23)18-12(8)20/h6H,2-5H2,1H3,(H3,17,18,19,20,23)/b16-6+. The Hall–Kier alpha value is -2.26. The smallest absolute Gasteiger partial charge is 0.341 e. The van der Waals surface area contributed by atoms with Crippen LogP contribution < -0.4 is 5.56 Å². The van der Waals surface area contributed by atoms with Crippen molar-refractivity contribution in [1.29, 1.82) is 0 Å². The Morgan fingerprint density at radius 1 is 1.46 bits per heavy atom. The van der Waals surface area contributed by atoms with Gasteiger partial charge in [0.2, 0.25) is 5.88 Å². The molecule has 2 heterocycles. The molecule has 3 N–H and O–H groups in total. The minimum Gasteiger partial charge on any atom is -0.494 e. The van der Waals surface area contributed by atoms with Crippen LogP contribution in [0.2, 0.25) is 0 Å². The number of thiophene rings is 1. The van der Waals surface area contributed by atoms with E-state index in [1.54, 1.807) is 6.92 Å². The highest BCUT2D eigenvalue weighted by molar-refractivity contribution is 7.71. The molecule has 0 saturated heterocycles. The summed E-state index contributed by atoms with van der Waals surface area (Å²) in [6, 6.07) is 0. The summed E-state index contributed by atoms with van der Waals surface area (Å²) in [6.45, 7) is 2.03. The lowest BCUT2D eigenvalue weighted by Crippen LogP contribution is -2.13. The van der Waals surface area contributed by atoms with Gasteiger partial charge in [0, 0.05) is 11.1 Å². The average molecular weight is 365 g/mol. The molecule has 0 aliphatic heterocycles. The number of hydrogen-bond donors (Lipinski definition) is 3. The van der Waals surface area contributed by atoms with Crippen molar-refractivity contribution in [1.82, 2.24) is 9.97 Å². The van der Waals surface area contributed by atoms with Gasteiger partial charge in [-0.15, -0.1) is 11.3 Å². The largest absolute Gasteiger partial charge is 0.494 e. The SMILES string of the molecule is CCOC(=O)c1c(/N=C/c2c(O)[nH]c(=S)[nH]c2=O)sc2c1CCC2. The summed E-state index contributed by atoms with van der Waals surface area (Å²) in [5, 5.41) is 10.3. The van der Waals surface area contributed by atoms with Crippen molar-refractivity contribution in [2.75, 3.05) is 6.61 Å². The van der Waals surface area contributed by atoms with Gasteiger partial charge >= 0.3 is 5.97 Å². The van der Waals surface area contributed by atoms with Gasteiger partial charge in [-0.25, -0.2) is 9.79 Å². The second-order valence-electron chi connectivity index (χ2n) is 5.19. The van der Waals surface area contributed by atoms with Gasteiger partial charge in [-0.3, -0.25) is 9.78 Å². The predicted molar refractivity (Wildman–Crippen MR) is 93.5 cm³/mol. The van der Waals surface area contributed by atoms with Crippen LogP contribution in [-0.2, 0) is 17.6 Å². The van der Waals surface area contributed by atoms with E-state index in [2.05, 4.69) is 15.0 Å². The number of aromatic amines is 2. The van der Waals surface area contributed by atoms with Gasteiger partial charge in [0.15, 0.2) is 4.77 Å². The second-order valence-corrected chi connectivity index (χ2v) is 6.68. The van der Waals surface area contributed by atoms with E-state index in [0.29, 0.717) is 10.6 Å². The first-order chi connectivity index (χ1) is 11.5. The maximum absolute atomic E-state index is 12.2. The molecule has 2 aromatic heterocycles. The molecule has 0 aromatic carbocycles. The number of esters is 1. The van der Waals surface area contributed by atoms with Crippen molar-refractivity contribution in [3.8, 4) is 5.88 Å². The number of rotatable bonds is 4. The molecule has 0 radical (unpaired) electrons. The zero-order valence-corrected chi connectivity index (χ0v) is 14.5. The van der Waals surface area contributed by atoms with E-state index in [1.165, 1.54) is 17.6 Å². The number of H-pyrrole nitrogens is 2. The second kappa shape index (κ2) is 6.70. The van der Waals surface area contributed by atoms with E-state index < -0.39 is 11.5 Å². The number of fused-ring (bicyclic) bond motifs is 1. The normalized spacial score (nSPS) is 13.4. The topological polar surface area (TPSA) is 108 Å². The number of aliphatic imine (C=N–C) groups is 1. The van der Waals surface area contributed by atoms with Crippen molar-refractivity contribution < 1.29 is 14.6 Å². The van der Waals surface area contributed by atoms with Gasteiger partial charge in [-0.05, 0) is 44.0 Å². The molecular weight excluding hydrogens is 350 g/mol. The number of carbonyl (C=O) groups is 1. The van der Waals surface area contributed by atoms with Crippen molar-refractivity contribution in [2.24, 2.45) is 4.99 Å². The zero-order chi connectivity index (χ0) is 17.3. The Kier molecular flexibility index (Phi) is 4.63. The third-order valence-corrected chi connectivity index (χ3v) is 5.06. The fourth-order valence-electron chi connectivity index (χ4n) is 2.62. The Labute approximate surface area is 146 Å². The minimum atomic E-state index is -0.554. The molecule has 3 rings (SSSR count). The number of hydrogen-bond acceptors (Lipinski definition) is 7. The van der Waals surface area contributed by atoms with E-state index in [1.807, 2.05) is 0 Å². The molecule has 9 heteroatoms. The van der Waals surface area contributed by atoms with Crippen LogP contribution in [0.1, 0.15) is 39.7 Å². The fourth-order valence-corrected chi connectivity index (χ4v) is 4.03. The molecule has 0 unspecified atom stereocenters. The Morgan fingerprint density at radius 2 is 2.25 bits per heavy atom. The summed E-state index contributed by atoms with van der Waals surface area (Å²) in [4.78, 5) is 34.3. The molecule has 0 fully saturated rings. The molecule has 24 heavy (non-hydrogen) atoms. The van der Waals surface area contributed by atoms with Gasteiger partial charge < -0.3 is 14.8 Å². The lowest BCUT2D eigenvalue weighted by atomic mass is 10.1. The molecule has 0 spiro atoms. The van der Waals surface area contributed by atoms with E-state index in [9.17, 15) is 14.7 Å². The summed E-state index contributed by atoms with van der Waals surface area (Å²) in [5.74, 6) is -0.774. The molecule has 7 nitrogen and oxygen atoms in total. The predicted octanol–water partition coefficient (Wildman–Crippen LogP) is 2.62. The summed E-state index contributed by atoms with van der Waals surface area (Å²) in [7, 11) is 0. The van der Waals surface area contributed by atoms with Crippen molar-refractivity contribution in [3.05, 3.63) is 36.7 Å². The van der Waals surface area contributed by atoms with Gasteiger partial charge in [0.1, 0.15) is 10.6 Å². The van der Waals surface area contributed by atoms with Crippen LogP contribution in [0, 0.1) is 4.77 Å². The van der Waals surface area contributed by atoms with Crippen LogP contribution >= 0.6 is 23.6 Å². The van der Waals surface area contributed by atoms with Gasteiger partial charge in [0.25, 0.3) is 5.56 Å². The Morgan fingerprint density at radius 3 is 2.96 bits per heavy atom. The highest BCUT2D eigenvalue weighted by atomic mass is 32.1. The molecule has 2 aromatic rings. The average Bonchev–Trinajstić information content (AvgIpc) is 3.06. The molecule has 0 atom stereocenters. The number of nitrogens with zero attached hydrogens (tertiary/aromatic N) is 1. The van der Waals surface area contributed by atoms with Crippen molar-refractivity contribution in [3.63, 3.8) is 0 Å². The number of aromatic nitrogens is 2. The van der Waals surface area contributed by atoms with Crippen LogP contribution in [0.25, 0.3) is 0 Å². The number of carbonyl (C=O) groups excluding carboxylic acids is 1. The number of aryl methyl sites for hydroxylation is 1. The fraction of sp³-hybridized carbons (Fsp3) is 0.333. The maximum atomic E-state index is 12.2. The summed E-state index contributed by atoms with van der Waals surface area (Å²) >= 11 is 6.19.